The van der Waals surface area contributed by atoms with Gasteiger partial charge >= 0.3 is 0 Å². The summed E-state index contributed by atoms with van der Waals surface area (Å²) in [6.07, 6.45) is 11.8. The van der Waals surface area contributed by atoms with E-state index >= 15 is 0 Å². The molecular weight excluding hydrogens is 614 g/mol. The Labute approximate surface area is 280 Å². The number of nitrogens with one attached hydrogen (secondary N) is 1. The van der Waals surface area contributed by atoms with Gasteiger partial charge in [0.15, 0.2) is 0 Å². The fourth-order valence-corrected chi connectivity index (χ4v) is 6.23. The Morgan fingerprint density at radius 3 is 2.50 bits per heavy atom. The number of benzene rings is 1. The number of methoxy groups -OCH3 is 1. The van der Waals surface area contributed by atoms with Crippen LogP contribution in [0.4, 0.5) is 11.6 Å². The van der Waals surface area contributed by atoms with Crippen LogP contribution in [-0.4, -0.2) is 103 Å². The molecule has 1 aliphatic carbocycles. The molecule has 6 rings (SSSR count). The van der Waals surface area contributed by atoms with E-state index in [0.29, 0.717) is 54.1 Å². The first-order valence-electron chi connectivity index (χ1n) is 16.6. The quantitative estimate of drug-likeness (QED) is 0.207. The second-order valence-corrected chi connectivity index (χ2v) is 12.4. The molecule has 15 nitrogen and oxygen atoms in total. The van der Waals surface area contributed by atoms with Gasteiger partial charge < -0.3 is 24.3 Å². The minimum atomic E-state index is -0.270. The van der Waals surface area contributed by atoms with Crippen molar-refractivity contribution < 1.29 is 18.9 Å². The predicted octanol–water partition coefficient (Wildman–Crippen LogP) is 4.03. The third kappa shape index (κ3) is 8.43. The molecule has 48 heavy (non-hydrogen) atoms. The molecule has 1 aliphatic heterocycles. The van der Waals surface area contributed by atoms with E-state index in [1.165, 1.54) is 6.33 Å². The molecule has 2 fully saturated rings. The number of aromatic nitrogens is 8. The molecule has 0 bridgehead atoms. The summed E-state index contributed by atoms with van der Waals surface area (Å²) in [6, 6.07) is 8.51. The van der Waals surface area contributed by atoms with Crippen LogP contribution >= 0.6 is 0 Å². The summed E-state index contributed by atoms with van der Waals surface area (Å²) in [5, 5.41) is 29.1. The average molecular weight is 658 g/mol. The molecule has 0 radical (unpaired) electrons. The van der Waals surface area contributed by atoms with E-state index < -0.39 is 0 Å². The van der Waals surface area contributed by atoms with Crippen molar-refractivity contribution in [2.75, 3.05) is 45.3 Å². The van der Waals surface area contributed by atoms with Gasteiger partial charge in [0.1, 0.15) is 29.9 Å². The normalized spacial score (nSPS) is 19.7. The standard InChI is InChI=1S/C33H43N11O4/c1-23(10-13-45-3)48-32-30(21-44(39-32)29-8-6-28(7-9-29)42-11-14-46-15-12-42)38-33-35-18-27(19-36-33)25-4-5-26(17-34)31(16-25)47-24(2)20-43-22-37-40-41-43/h4-5,16,18-19,21-24,28-29H,6-15,20H2,1-3H3,(H,35,36,38)/t23?,24-,28?,29?/m0/s1. The molecule has 4 heterocycles. The molecule has 0 spiro atoms. The number of morpholine rings is 1. The van der Waals surface area contributed by atoms with Crippen LogP contribution in [0, 0.1) is 11.3 Å². The fraction of sp³-hybridized carbons (Fsp3) is 0.545. The molecule has 1 N–H and O–H groups in total. The summed E-state index contributed by atoms with van der Waals surface area (Å²) in [5.41, 5.74) is 2.75. The Balaban J connectivity index is 1.15. The maximum Gasteiger partial charge on any atom is 0.257 e. The number of ether oxygens (including phenoxy) is 4. The molecule has 1 saturated heterocycles. The van der Waals surface area contributed by atoms with Crippen molar-refractivity contribution in [2.45, 2.75) is 76.8 Å². The minimum absolute atomic E-state index is 0.0856. The zero-order valence-electron chi connectivity index (χ0n) is 27.7. The zero-order valence-corrected chi connectivity index (χ0v) is 27.7. The van der Waals surface area contributed by atoms with Crippen LogP contribution in [0.3, 0.4) is 0 Å². The lowest BCUT2D eigenvalue weighted by atomic mass is 9.90. The highest BCUT2D eigenvalue weighted by atomic mass is 16.5. The van der Waals surface area contributed by atoms with Gasteiger partial charge in [-0.05, 0) is 67.7 Å². The molecule has 1 saturated carbocycles. The fourth-order valence-electron chi connectivity index (χ4n) is 6.23. The van der Waals surface area contributed by atoms with Gasteiger partial charge in [-0.25, -0.2) is 14.6 Å². The third-order valence-electron chi connectivity index (χ3n) is 8.84. The van der Waals surface area contributed by atoms with Crippen molar-refractivity contribution in [3.63, 3.8) is 0 Å². The Kier molecular flexibility index (Phi) is 11.1. The second-order valence-electron chi connectivity index (χ2n) is 12.4. The van der Waals surface area contributed by atoms with E-state index in [1.807, 2.05) is 36.9 Å². The highest BCUT2D eigenvalue weighted by molar-refractivity contribution is 5.67. The smallest absolute Gasteiger partial charge is 0.257 e. The first-order chi connectivity index (χ1) is 23.5. The van der Waals surface area contributed by atoms with Crippen LogP contribution in [0.15, 0.2) is 43.1 Å². The number of nitrogens with zero attached hydrogens (tertiary/aromatic N) is 10. The van der Waals surface area contributed by atoms with E-state index in [2.05, 4.69) is 41.8 Å². The van der Waals surface area contributed by atoms with Gasteiger partial charge in [-0.2, -0.15) is 5.26 Å². The Morgan fingerprint density at radius 2 is 1.79 bits per heavy atom. The molecular formula is C33H43N11O4. The summed E-state index contributed by atoms with van der Waals surface area (Å²) in [4.78, 5) is 11.8. The maximum atomic E-state index is 9.67. The van der Waals surface area contributed by atoms with Crippen LogP contribution in [-0.2, 0) is 16.0 Å². The molecule has 2 atom stereocenters. The Morgan fingerprint density at radius 1 is 1.02 bits per heavy atom. The molecule has 3 aromatic heterocycles. The average Bonchev–Trinajstić information content (AvgIpc) is 3.78. The van der Waals surface area contributed by atoms with E-state index in [0.717, 1.165) is 69.5 Å². The van der Waals surface area contributed by atoms with Crippen LogP contribution < -0.4 is 14.8 Å². The molecule has 1 aromatic carbocycles. The van der Waals surface area contributed by atoms with Gasteiger partial charge in [-0.1, -0.05) is 6.07 Å². The van der Waals surface area contributed by atoms with Crippen molar-refractivity contribution in [3.8, 4) is 28.8 Å². The molecule has 2 aliphatic rings. The minimum Gasteiger partial charge on any atom is -0.487 e. The number of rotatable bonds is 14. The van der Waals surface area contributed by atoms with Gasteiger partial charge in [-0.3, -0.25) is 9.58 Å². The monoisotopic (exact) mass is 657 g/mol. The lowest BCUT2D eigenvalue weighted by Gasteiger charge is -2.38. The predicted molar refractivity (Wildman–Crippen MR) is 176 cm³/mol. The summed E-state index contributed by atoms with van der Waals surface area (Å²) in [5.74, 6) is 1.41. The van der Waals surface area contributed by atoms with Gasteiger partial charge in [0.2, 0.25) is 5.95 Å². The molecule has 0 amide bonds. The number of tetrazole rings is 1. The molecule has 4 aromatic rings. The van der Waals surface area contributed by atoms with Crippen LogP contribution in [0.2, 0.25) is 0 Å². The molecule has 254 valence electrons. The number of hydrogen-bond acceptors (Lipinski definition) is 13. The zero-order chi connectivity index (χ0) is 33.3. The molecule has 15 heteroatoms. The summed E-state index contributed by atoms with van der Waals surface area (Å²) >= 11 is 0. The van der Waals surface area contributed by atoms with E-state index in [-0.39, 0.29) is 12.2 Å². The van der Waals surface area contributed by atoms with Gasteiger partial charge in [0, 0.05) is 57.2 Å². The SMILES string of the molecule is COCCC(C)Oc1nn(C2CCC(N3CCOCC3)CC2)cc1Nc1ncc(-c2ccc(C#N)c(O[C@@H](C)Cn3cnnn3)c2)cn1. The van der Waals surface area contributed by atoms with Crippen LogP contribution in [0.25, 0.3) is 11.1 Å². The molecule has 1 unspecified atom stereocenters. The van der Waals surface area contributed by atoms with Crippen molar-refractivity contribution in [3.05, 3.63) is 48.7 Å². The summed E-state index contributed by atoms with van der Waals surface area (Å²) in [7, 11) is 1.69. The largest absolute Gasteiger partial charge is 0.487 e. The third-order valence-corrected chi connectivity index (χ3v) is 8.84. The topological polar surface area (TPSA) is 163 Å². The van der Waals surface area contributed by atoms with Crippen molar-refractivity contribution in [1.82, 2.24) is 44.9 Å². The van der Waals surface area contributed by atoms with Gasteiger partial charge in [0.25, 0.3) is 5.88 Å². The maximum absolute atomic E-state index is 9.67. The van der Waals surface area contributed by atoms with Crippen molar-refractivity contribution in [2.24, 2.45) is 0 Å². The summed E-state index contributed by atoms with van der Waals surface area (Å²) < 4.78 is 26.8. The lowest BCUT2D eigenvalue weighted by Crippen LogP contribution is -2.45. The number of nitriles is 1. The number of anilines is 2. The van der Waals surface area contributed by atoms with E-state index in [4.69, 9.17) is 24.0 Å². The second kappa shape index (κ2) is 16.0. The first-order valence-corrected chi connectivity index (χ1v) is 16.6. The highest BCUT2D eigenvalue weighted by Crippen LogP contribution is 2.35. The van der Waals surface area contributed by atoms with E-state index in [1.54, 1.807) is 30.3 Å². The Hall–Kier alpha value is -4.65. The lowest BCUT2D eigenvalue weighted by molar-refractivity contribution is 0.00500. The van der Waals surface area contributed by atoms with Crippen molar-refractivity contribution in [1.29, 1.82) is 5.26 Å². The van der Waals surface area contributed by atoms with Gasteiger partial charge in [0.05, 0.1) is 43.7 Å². The van der Waals surface area contributed by atoms with E-state index in [9.17, 15) is 5.26 Å². The van der Waals surface area contributed by atoms with Crippen molar-refractivity contribution >= 4 is 11.6 Å². The van der Waals surface area contributed by atoms with Crippen LogP contribution in [0.5, 0.6) is 11.6 Å². The summed E-state index contributed by atoms with van der Waals surface area (Å²) in [6.45, 7) is 8.64. The van der Waals surface area contributed by atoms with Crippen LogP contribution in [0.1, 0.15) is 57.6 Å². The first kappa shape index (κ1) is 33.3. The highest BCUT2D eigenvalue weighted by Gasteiger charge is 2.29. The number of hydrogen-bond donors (Lipinski definition) is 1. The van der Waals surface area contributed by atoms with Gasteiger partial charge in [-0.15, -0.1) is 10.2 Å². The Bertz CT molecular complexity index is 1630.